The number of hydrogen-bond acceptors (Lipinski definition) is 4. The van der Waals surface area contributed by atoms with Crippen LogP contribution in [-0.4, -0.2) is 35.3 Å². The Balaban J connectivity index is 0.00000225. The lowest BCUT2D eigenvalue weighted by Crippen LogP contribution is -2.31. The van der Waals surface area contributed by atoms with Gasteiger partial charge in [-0.15, -0.1) is 23.7 Å². The fourth-order valence-corrected chi connectivity index (χ4v) is 3.69. The molecule has 0 atom stereocenters. The third kappa shape index (κ3) is 4.60. The molecule has 2 aromatic heterocycles. The Bertz CT molecular complexity index is 828. The molecule has 134 valence electrons. The van der Waals surface area contributed by atoms with Gasteiger partial charge in [-0.25, -0.2) is 0 Å². The van der Waals surface area contributed by atoms with Gasteiger partial charge in [0.15, 0.2) is 0 Å². The lowest BCUT2D eigenvalue weighted by Gasteiger charge is -2.04. The Morgan fingerprint density at radius 3 is 2.72 bits per heavy atom. The molecule has 3 aromatic rings. The molecule has 0 aliphatic rings. The number of fused-ring (bicyclic) bond motifs is 1. The van der Waals surface area contributed by atoms with E-state index in [0.717, 1.165) is 33.9 Å². The number of amides is 1. The minimum Gasteiger partial charge on any atom is -0.350 e. The summed E-state index contributed by atoms with van der Waals surface area (Å²) in [4.78, 5) is 14.1. The average Bonchev–Trinajstić information content (AvgIpc) is 3.14. The second-order valence-electron chi connectivity index (χ2n) is 5.67. The Morgan fingerprint density at radius 2 is 2.00 bits per heavy atom. The Hall–Kier alpha value is -1.89. The highest BCUT2D eigenvalue weighted by molar-refractivity contribution is 7.20. The van der Waals surface area contributed by atoms with Crippen molar-refractivity contribution in [3.05, 3.63) is 52.5 Å². The van der Waals surface area contributed by atoms with E-state index in [1.54, 1.807) is 0 Å². The molecule has 0 aliphatic heterocycles. The Kier molecular flexibility index (Phi) is 6.99. The molecule has 2 N–H and O–H groups in total. The average molecular weight is 379 g/mol. The molecule has 1 amide bonds. The predicted octanol–water partition coefficient (Wildman–Crippen LogP) is 3.22. The molecule has 0 fully saturated rings. The number of hydrogen-bond donors (Lipinski definition) is 2. The van der Waals surface area contributed by atoms with E-state index in [0.29, 0.717) is 13.1 Å². The smallest absolute Gasteiger partial charge is 0.261 e. The van der Waals surface area contributed by atoms with Crippen LogP contribution in [0.2, 0.25) is 0 Å². The Labute approximate surface area is 157 Å². The maximum absolute atomic E-state index is 12.3. The van der Waals surface area contributed by atoms with Crippen LogP contribution in [0, 0.1) is 6.92 Å². The van der Waals surface area contributed by atoms with Gasteiger partial charge in [0.05, 0.1) is 17.1 Å². The fraction of sp³-hybridized carbons (Fsp3) is 0.333. The van der Waals surface area contributed by atoms with E-state index < -0.39 is 0 Å². The van der Waals surface area contributed by atoms with E-state index in [1.807, 2.05) is 35.9 Å². The topological polar surface area (TPSA) is 58.9 Å². The summed E-state index contributed by atoms with van der Waals surface area (Å²) in [6, 6.07) is 12.2. The first-order valence-corrected chi connectivity index (χ1v) is 9.00. The number of halogens is 1. The molecule has 0 unspecified atom stereocenters. The van der Waals surface area contributed by atoms with Gasteiger partial charge in [0, 0.05) is 18.5 Å². The van der Waals surface area contributed by atoms with Crippen molar-refractivity contribution in [3.63, 3.8) is 0 Å². The van der Waals surface area contributed by atoms with Gasteiger partial charge in [0.2, 0.25) is 0 Å². The molecule has 0 bridgehead atoms. The van der Waals surface area contributed by atoms with Crippen LogP contribution in [0.25, 0.3) is 10.2 Å². The van der Waals surface area contributed by atoms with Crippen LogP contribution in [-0.2, 0) is 6.54 Å². The number of likely N-dealkylation sites (N-methyl/N-ethyl adjacent to an activating group) is 1. The van der Waals surface area contributed by atoms with Crippen LogP contribution < -0.4 is 10.6 Å². The van der Waals surface area contributed by atoms with Crippen molar-refractivity contribution in [2.45, 2.75) is 20.4 Å². The Morgan fingerprint density at radius 1 is 1.24 bits per heavy atom. The fourth-order valence-electron chi connectivity index (χ4n) is 2.62. The van der Waals surface area contributed by atoms with Crippen molar-refractivity contribution in [1.82, 2.24) is 20.4 Å². The molecule has 0 saturated heterocycles. The molecule has 0 aliphatic carbocycles. The quantitative estimate of drug-likeness (QED) is 0.620. The van der Waals surface area contributed by atoms with E-state index in [2.05, 4.69) is 34.8 Å². The number of nitrogens with one attached hydrogen (secondary N) is 2. The van der Waals surface area contributed by atoms with Gasteiger partial charge in [-0.05, 0) is 25.1 Å². The molecular formula is C18H23ClN4OS. The maximum Gasteiger partial charge on any atom is 0.261 e. The first-order valence-electron chi connectivity index (χ1n) is 8.19. The first-order chi connectivity index (χ1) is 11.7. The predicted molar refractivity (Wildman–Crippen MR) is 106 cm³/mol. The van der Waals surface area contributed by atoms with Crippen LogP contribution in [0.1, 0.15) is 27.9 Å². The lowest BCUT2D eigenvalue weighted by molar-refractivity contribution is 0.0958. The molecule has 1 aromatic carbocycles. The van der Waals surface area contributed by atoms with Crippen molar-refractivity contribution in [3.8, 4) is 0 Å². The molecule has 5 nitrogen and oxygen atoms in total. The summed E-state index contributed by atoms with van der Waals surface area (Å²) in [5.41, 5.74) is 2.16. The van der Waals surface area contributed by atoms with Crippen molar-refractivity contribution in [2.24, 2.45) is 0 Å². The van der Waals surface area contributed by atoms with Crippen molar-refractivity contribution < 1.29 is 4.79 Å². The SMILES string of the molecule is CCNCCNC(=O)c1cc2c(C)nn(Cc3ccccc3)c2s1.Cl. The number of thiophene rings is 1. The molecule has 0 radical (unpaired) electrons. The van der Waals surface area contributed by atoms with Crippen molar-refractivity contribution in [2.75, 3.05) is 19.6 Å². The van der Waals surface area contributed by atoms with Crippen LogP contribution in [0.15, 0.2) is 36.4 Å². The zero-order valence-electron chi connectivity index (χ0n) is 14.4. The number of carbonyl (C=O) groups is 1. The van der Waals surface area contributed by atoms with E-state index in [1.165, 1.54) is 16.9 Å². The summed E-state index contributed by atoms with van der Waals surface area (Å²) in [5, 5.41) is 11.8. The number of carbonyl (C=O) groups excluding carboxylic acids is 1. The standard InChI is InChI=1S/C18H22N4OS.ClH/c1-3-19-9-10-20-17(23)16-11-15-13(2)21-22(18(15)24-16)12-14-7-5-4-6-8-14;/h4-8,11,19H,3,9-10,12H2,1-2H3,(H,20,23);1H. The van der Waals surface area contributed by atoms with Gasteiger partial charge in [0.1, 0.15) is 4.83 Å². The third-order valence-corrected chi connectivity index (χ3v) is 4.99. The summed E-state index contributed by atoms with van der Waals surface area (Å²) in [6.45, 7) is 7.09. The van der Waals surface area contributed by atoms with Crippen LogP contribution in [0.4, 0.5) is 0 Å². The van der Waals surface area contributed by atoms with Crippen molar-refractivity contribution >= 4 is 39.9 Å². The summed E-state index contributed by atoms with van der Waals surface area (Å²) in [7, 11) is 0. The first kappa shape index (κ1) is 19.4. The molecule has 3 rings (SSSR count). The zero-order chi connectivity index (χ0) is 16.9. The largest absolute Gasteiger partial charge is 0.350 e. The molecule has 0 spiro atoms. The maximum atomic E-state index is 12.3. The van der Waals surface area contributed by atoms with E-state index in [-0.39, 0.29) is 18.3 Å². The second kappa shape index (κ2) is 8.99. The minimum atomic E-state index is -0.0141. The summed E-state index contributed by atoms with van der Waals surface area (Å²) >= 11 is 1.50. The highest BCUT2D eigenvalue weighted by atomic mass is 35.5. The molecule has 2 heterocycles. The van der Waals surface area contributed by atoms with E-state index in [4.69, 9.17) is 0 Å². The molecule has 0 saturated carbocycles. The van der Waals surface area contributed by atoms with Gasteiger partial charge >= 0.3 is 0 Å². The van der Waals surface area contributed by atoms with Gasteiger partial charge in [-0.1, -0.05) is 37.3 Å². The molecular weight excluding hydrogens is 356 g/mol. The molecule has 25 heavy (non-hydrogen) atoms. The normalized spacial score (nSPS) is 10.6. The minimum absolute atomic E-state index is 0. The van der Waals surface area contributed by atoms with Gasteiger partial charge in [0.25, 0.3) is 5.91 Å². The van der Waals surface area contributed by atoms with Crippen LogP contribution in [0.5, 0.6) is 0 Å². The summed E-state index contributed by atoms with van der Waals surface area (Å²) < 4.78 is 1.99. The van der Waals surface area contributed by atoms with Gasteiger partial charge in [-0.2, -0.15) is 5.10 Å². The highest BCUT2D eigenvalue weighted by Gasteiger charge is 2.16. The number of rotatable bonds is 7. The number of aromatic nitrogens is 2. The van der Waals surface area contributed by atoms with E-state index in [9.17, 15) is 4.79 Å². The highest BCUT2D eigenvalue weighted by Crippen LogP contribution is 2.28. The van der Waals surface area contributed by atoms with E-state index >= 15 is 0 Å². The summed E-state index contributed by atoms with van der Waals surface area (Å²) in [6.07, 6.45) is 0. The third-order valence-electron chi connectivity index (χ3n) is 3.84. The number of nitrogens with zero attached hydrogens (tertiary/aromatic N) is 2. The monoisotopic (exact) mass is 378 g/mol. The van der Waals surface area contributed by atoms with Gasteiger partial charge < -0.3 is 10.6 Å². The zero-order valence-corrected chi connectivity index (χ0v) is 16.0. The second-order valence-corrected chi connectivity index (χ2v) is 6.70. The summed E-state index contributed by atoms with van der Waals surface area (Å²) in [5.74, 6) is -0.0141. The number of benzene rings is 1. The molecule has 7 heteroatoms. The number of aryl methyl sites for hydroxylation is 1. The van der Waals surface area contributed by atoms with Crippen LogP contribution in [0.3, 0.4) is 0 Å². The van der Waals surface area contributed by atoms with Crippen molar-refractivity contribution in [1.29, 1.82) is 0 Å². The lowest BCUT2D eigenvalue weighted by atomic mass is 10.2. The van der Waals surface area contributed by atoms with Crippen LogP contribution >= 0.6 is 23.7 Å². The van der Waals surface area contributed by atoms with Gasteiger partial charge in [-0.3, -0.25) is 9.48 Å².